The van der Waals surface area contributed by atoms with Gasteiger partial charge in [0.15, 0.2) is 0 Å². The molecule has 0 N–H and O–H groups in total. The van der Waals surface area contributed by atoms with Crippen molar-refractivity contribution in [3.8, 4) is 23.7 Å². The molecule has 0 bridgehead atoms. The first-order valence-corrected chi connectivity index (χ1v) is 36.2. The van der Waals surface area contributed by atoms with E-state index in [1.807, 2.05) is 24.3 Å². The van der Waals surface area contributed by atoms with Crippen molar-refractivity contribution in [3.63, 3.8) is 0 Å². The summed E-state index contributed by atoms with van der Waals surface area (Å²) in [4.78, 5) is 64.8. The fourth-order valence-corrected chi connectivity index (χ4v) is 14.4. The van der Waals surface area contributed by atoms with Crippen LogP contribution in [0.15, 0.2) is 36.4 Å². The van der Waals surface area contributed by atoms with Gasteiger partial charge in [0.2, 0.25) is 0 Å². The van der Waals surface area contributed by atoms with E-state index in [1.54, 1.807) is 9.80 Å². The van der Waals surface area contributed by atoms with Gasteiger partial charge in [-0.2, -0.15) is 0 Å². The van der Waals surface area contributed by atoms with E-state index in [9.17, 15) is 0 Å². The summed E-state index contributed by atoms with van der Waals surface area (Å²) in [6, 6.07) is 12.1. The highest BCUT2D eigenvalue weighted by Gasteiger charge is 2.39. The van der Waals surface area contributed by atoms with Crippen LogP contribution in [0.3, 0.4) is 0 Å². The third kappa shape index (κ3) is 18.4. The van der Waals surface area contributed by atoms with E-state index < -0.39 is 0 Å². The van der Waals surface area contributed by atoms with Gasteiger partial charge in [-0.25, -0.2) is 0 Å². The minimum absolute atomic E-state index is 0.213. The maximum atomic E-state index is 15.5. The molecule has 2 atom stereocenters. The molecule has 0 saturated heterocycles. The Balaban J connectivity index is 1.32. The van der Waals surface area contributed by atoms with Crippen LogP contribution in [0.4, 0.5) is 0 Å². The SMILES string of the molecule is CCCCCCC#Cc1cc2c3c(ccc4c5c(C#CCCCCCC)cc6c7c(ccc(c1c34)c75)C(=O)N(CC(CCCCCCCC)CCCCCCCCCC)C6=O)C(=O)N(CC(CCCCCCCC)CCCCCCCCCC)C2=O. The van der Waals surface area contributed by atoms with Crippen molar-refractivity contribution >= 4 is 66.7 Å². The number of imide groups is 2. The van der Waals surface area contributed by atoms with Crippen LogP contribution >= 0.6 is 0 Å². The Morgan fingerprint density at radius 3 is 0.872 bits per heavy atom. The second kappa shape index (κ2) is 37.6. The third-order valence-electron chi connectivity index (χ3n) is 19.5. The molecule has 5 aromatic rings. The van der Waals surface area contributed by atoms with Crippen molar-refractivity contribution in [1.82, 2.24) is 9.80 Å². The fourth-order valence-electron chi connectivity index (χ4n) is 14.4. The van der Waals surface area contributed by atoms with E-state index in [4.69, 9.17) is 0 Å². The summed E-state index contributed by atoms with van der Waals surface area (Å²) in [7, 11) is 0. The number of carbonyl (C=O) groups is 4. The summed E-state index contributed by atoms with van der Waals surface area (Å²) >= 11 is 0. The number of nitrogens with zero attached hydrogens (tertiary/aromatic N) is 2. The number of hydrogen-bond acceptors (Lipinski definition) is 4. The lowest BCUT2D eigenvalue weighted by Crippen LogP contribution is -2.43. The van der Waals surface area contributed by atoms with E-state index in [1.165, 1.54) is 154 Å². The summed E-state index contributed by atoms with van der Waals surface area (Å²) in [6.07, 6.45) is 49.0. The molecule has 2 aliphatic rings. The van der Waals surface area contributed by atoms with E-state index >= 15 is 19.2 Å². The average molecular weight is 1170 g/mol. The predicted molar refractivity (Wildman–Crippen MR) is 367 cm³/mol. The minimum Gasteiger partial charge on any atom is -0.274 e. The van der Waals surface area contributed by atoms with Crippen LogP contribution in [0.5, 0.6) is 0 Å². The van der Waals surface area contributed by atoms with Crippen LogP contribution in [0.1, 0.15) is 364 Å². The predicted octanol–water partition coefficient (Wildman–Crippen LogP) is 23.4. The summed E-state index contributed by atoms with van der Waals surface area (Å²) < 4.78 is 0. The van der Waals surface area contributed by atoms with Crippen molar-refractivity contribution < 1.29 is 19.2 Å². The molecule has 0 aromatic heterocycles. The van der Waals surface area contributed by atoms with Crippen LogP contribution in [0, 0.1) is 35.5 Å². The number of hydrogen-bond donors (Lipinski definition) is 0. The topological polar surface area (TPSA) is 74.8 Å². The molecule has 0 radical (unpaired) electrons. The molecule has 4 amide bonds. The summed E-state index contributed by atoms with van der Waals surface area (Å²) in [6.45, 7) is 14.4. The average Bonchev–Trinajstić information content (AvgIpc) is 0.709. The lowest BCUT2D eigenvalue weighted by molar-refractivity contribution is 0.0562. The second-order valence-electron chi connectivity index (χ2n) is 26.6. The number of unbranched alkanes of at least 4 members (excludes halogenated alkanes) is 32. The smallest absolute Gasteiger partial charge is 0.261 e. The molecule has 6 nitrogen and oxygen atoms in total. The van der Waals surface area contributed by atoms with Gasteiger partial charge < -0.3 is 0 Å². The van der Waals surface area contributed by atoms with Gasteiger partial charge in [-0.05, 0) is 85.4 Å². The van der Waals surface area contributed by atoms with Gasteiger partial charge in [0, 0.05) is 91.6 Å². The van der Waals surface area contributed by atoms with Gasteiger partial charge >= 0.3 is 0 Å². The number of amides is 4. The highest BCUT2D eigenvalue weighted by atomic mass is 16.2. The summed E-state index contributed by atoms with van der Waals surface area (Å²) in [5, 5.41) is 6.63. The Hall–Kier alpha value is -5.20. The monoisotopic (exact) mass is 1170 g/mol. The van der Waals surface area contributed by atoms with E-state index in [0.29, 0.717) is 46.1 Å². The maximum Gasteiger partial charge on any atom is 0.261 e. The zero-order valence-corrected chi connectivity index (χ0v) is 55.3. The van der Waals surface area contributed by atoms with E-state index in [-0.39, 0.29) is 35.5 Å². The van der Waals surface area contributed by atoms with E-state index in [0.717, 1.165) is 159 Å². The molecule has 2 aliphatic heterocycles. The molecule has 7 rings (SSSR count). The highest BCUT2D eigenvalue weighted by molar-refractivity contribution is 6.42. The molecule has 0 aliphatic carbocycles. The fraction of sp³-hybridized carbons (Fsp3) is 0.650. The maximum absolute atomic E-state index is 15.5. The molecule has 0 fully saturated rings. The zero-order valence-electron chi connectivity index (χ0n) is 55.3. The number of fused-ring (bicyclic) bond motifs is 2. The first-order chi connectivity index (χ1) is 42.2. The Kier molecular flexibility index (Phi) is 29.9. The molecule has 6 heteroatoms. The van der Waals surface area contributed by atoms with Crippen molar-refractivity contribution in [3.05, 3.63) is 69.8 Å². The molecule has 468 valence electrons. The number of rotatable bonds is 44. The van der Waals surface area contributed by atoms with Gasteiger partial charge in [0.1, 0.15) is 0 Å². The number of benzene rings is 5. The van der Waals surface area contributed by atoms with Gasteiger partial charge in [-0.15, -0.1) is 0 Å². The van der Waals surface area contributed by atoms with Crippen molar-refractivity contribution in [2.45, 2.75) is 311 Å². The summed E-state index contributed by atoms with van der Waals surface area (Å²) in [5.74, 6) is 14.0. The van der Waals surface area contributed by atoms with Gasteiger partial charge in [0.25, 0.3) is 23.6 Å². The van der Waals surface area contributed by atoms with Crippen LogP contribution in [-0.4, -0.2) is 46.5 Å². The lowest BCUT2D eigenvalue weighted by atomic mass is 9.79. The lowest BCUT2D eigenvalue weighted by Gasteiger charge is -2.33. The number of carbonyl (C=O) groups excluding carboxylic acids is 4. The zero-order chi connectivity index (χ0) is 60.9. The van der Waals surface area contributed by atoms with Crippen LogP contribution in [0.2, 0.25) is 0 Å². The first kappa shape index (κ1) is 68.3. The largest absolute Gasteiger partial charge is 0.274 e. The Morgan fingerprint density at radius 2 is 0.570 bits per heavy atom. The molecule has 2 heterocycles. The molecule has 0 spiro atoms. The Bertz CT molecular complexity index is 2860. The Morgan fingerprint density at radius 1 is 0.302 bits per heavy atom. The normalized spacial score (nSPS) is 13.9. The van der Waals surface area contributed by atoms with Crippen molar-refractivity contribution in [2.75, 3.05) is 13.1 Å². The van der Waals surface area contributed by atoms with Crippen LogP contribution < -0.4 is 0 Å². The standard InChI is InChI=1S/C80H114N2O4/c1-7-13-19-25-31-33-37-43-49-61(47-41-35-27-21-15-9-3)59-81-77(83)67-55-53-65-72-64(52-46-40-30-24-18-12-6)58-70-74-68(56-54-66(76(72)74)71-63(51-45-39-29-23-17-11-5)57-69(79(81)85)73(67)75(65)71)78(84)82(80(70)86)60-62(48-42-36-28-22-16-10-4)50-44-38-34-32-26-20-14-8-2/h53-58,61-62H,7-44,47-50,59-60H2,1-6H3. The minimum atomic E-state index is -0.224. The molecular formula is C80H114N2O4. The van der Waals surface area contributed by atoms with Crippen molar-refractivity contribution in [2.24, 2.45) is 11.8 Å². The van der Waals surface area contributed by atoms with Gasteiger partial charge in [0.05, 0.1) is 0 Å². The molecule has 2 unspecified atom stereocenters. The molecular weight excluding hydrogens is 1050 g/mol. The molecule has 5 aromatic carbocycles. The second-order valence-corrected chi connectivity index (χ2v) is 26.6. The molecule has 86 heavy (non-hydrogen) atoms. The Labute approximate surface area is 522 Å². The quantitative estimate of drug-likeness (QED) is 0.0128. The van der Waals surface area contributed by atoms with Crippen molar-refractivity contribution in [1.29, 1.82) is 0 Å². The van der Waals surface area contributed by atoms with Gasteiger partial charge in [-0.1, -0.05) is 296 Å². The van der Waals surface area contributed by atoms with Crippen LogP contribution in [0.25, 0.3) is 43.1 Å². The molecule has 0 saturated carbocycles. The summed E-state index contributed by atoms with van der Waals surface area (Å²) in [5.41, 5.74) is 3.73. The van der Waals surface area contributed by atoms with Gasteiger partial charge in [-0.3, -0.25) is 29.0 Å². The highest BCUT2D eigenvalue weighted by Crippen LogP contribution is 2.49. The van der Waals surface area contributed by atoms with Crippen LogP contribution in [-0.2, 0) is 0 Å². The third-order valence-corrected chi connectivity index (χ3v) is 19.5. The first-order valence-electron chi connectivity index (χ1n) is 36.2. The van der Waals surface area contributed by atoms with E-state index in [2.05, 4.69) is 77.4 Å².